The van der Waals surface area contributed by atoms with Crippen molar-refractivity contribution in [1.82, 2.24) is 15.3 Å². The largest absolute Gasteiger partial charge is 0.399 e. The summed E-state index contributed by atoms with van der Waals surface area (Å²) in [5.74, 6) is 0.575. The third-order valence-electron chi connectivity index (χ3n) is 4.74. The van der Waals surface area contributed by atoms with Crippen molar-refractivity contribution in [3.63, 3.8) is 0 Å². The van der Waals surface area contributed by atoms with Gasteiger partial charge < -0.3 is 16.4 Å². The van der Waals surface area contributed by atoms with E-state index in [-0.39, 0.29) is 18.4 Å². The van der Waals surface area contributed by atoms with Crippen LogP contribution in [0.2, 0.25) is 0 Å². The highest BCUT2D eigenvalue weighted by atomic mass is 16.1. The molecular formula is C18H21N7O. The Bertz CT molecular complexity index is 884. The number of amidine groups is 1. The molecular weight excluding hydrogens is 330 g/mol. The van der Waals surface area contributed by atoms with Gasteiger partial charge in [0.05, 0.1) is 30.0 Å². The van der Waals surface area contributed by atoms with Crippen LogP contribution in [-0.4, -0.2) is 40.1 Å². The van der Waals surface area contributed by atoms with E-state index in [2.05, 4.69) is 30.6 Å². The molecule has 0 spiro atoms. The molecule has 1 amide bonds. The van der Waals surface area contributed by atoms with Gasteiger partial charge in [-0.25, -0.2) is 4.99 Å². The number of nitrogens with one attached hydrogen (secondary N) is 2. The lowest BCUT2D eigenvalue weighted by atomic mass is 9.91. The van der Waals surface area contributed by atoms with Crippen molar-refractivity contribution in [2.75, 3.05) is 11.1 Å². The number of carbonyl (C=O) groups excluding carboxylic acids is 1. The second kappa shape index (κ2) is 7.07. The molecule has 2 heterocycles. The van der Waals surface area contributed by atoms with Gasteiger partial charge in [-0.1, -0.05) is 0 Å². The number of fused-ring (bicyclic) bond motifs is 1. The lowest BCUT2D eigenvalue weighted by Crippen LogP contribution is -2.31. The van der Waals surface area contributed by atoms with E-state index < -0.39 is 0 Å². The highest BCUT2D eigenvalue weighted by molar-refractivity contribution is 6.10. The smallest absolute Gasteiger partial charge is 0.232 e. The Morgan fingerprint density at radius 1 is 1.15 bits per heavy atom. The number of anilines is 2. The molecule has 1 aliphatic carbocycles. The maximum absolute atomic E-state index is 11.4. The number of nitrogens with zero attached hydrogens (tertiary/aromatic N) is 4. The highest BCUT2D eigenvalue weighted by Crippen LogP contribution is 2.29. The summed E-state index contributed by atoms with van der Waals surface area (Å²) in [5.41, 5.74) is 9.23. The zero-order chi connectivity index (χ0) is 17.9. The fraction of sp³-hybridized carbons (Fsp3) is 0.389. The zero-order valence-electron chi connectivity index (χ0n) is 14.4. The fourth-order valence-electron chi connectivity index (χ4n) is 3.48. The van der Waals surface area contributed by atoms with Crippen LogP contribution in [0.1, 0.15) is 32.1 Å². The van der Waals surface area contributed by atoms with Crippen LogP contribution in [0.3, 0.4) is 0 Å². The SMILES string of the molecule is Nc1cc(NC2CCC(N=C3CC(=O)NC=N3)CC2)c2nccnc2c1. The maximum atomic E-state index is 11.4. The Kier molecular flexibility index (Phi) is 4.47. The summed E-state index contributed by atoms with van der Waals surface area (Å²) >= 11 is 0. The van der Waals surface area contributed by atoms with Crippen molar-refractivity contribution in [2.24, 2.45) is 9.98 Å². The molecule has 4 rings (SSSR count). The van der Waals surface area contributed by atoms with E-state index in [1.807, 2.05) is 12.1 Å². The first-order chi connectivity index (χ1) is 12.7. The van der Waals surface area contributed by atoms with Crippen molar-refractivity contribution in [1.29, 1.82) is 0 Å². The van der Waals surface area contributed by atoms with E-state index in [4.69, 9.17) is 5.73 Å². The van der Waals surface area contributed by atoms with Gasteiger partial charge in [0.15, 0.2) is 0 Å². The Labute approximate surface area is 151 Å². The van der Waals surface area contributed by atoms with E-state index in [0.717, 1.165) is 42.4 Å². The van der Waals surface area contributed by atoms with Gasteiger partial charge in [-0.3, -0.25) is 19.8 Å². The summed E-state index contributed by atoms with van der Waals surface area (Å²) in [5, 5.41) is 6.13. The first-order valence-electron chi connectivity index (χ1n) is 8.83. The average Bonchev–Trinajstić information content (AvgIpc) is 2.63. The zero-order valence-corrected chi connectivity index (χ0v) is 14.4. The van der Waals surface area contributed by atoms with Gasteiger partial charge in [0.2, 0.25) is 5.91 Å². The minimum atomic E-state index is -0.0521. The predicted molar refractivity (Wildman–Crippen MR) is 102 cm³/mol. The molecule has 0 saturated heterocycles. The van der Waals surface area contributed by atoms with E-state index in [0.29, 0.717) is 17.6 Å². The second-order valence-corrected chi connectivity index (χ2v) is 6.69. The lowest BCUT2D eigenvalue weighted by Gasteiger charge is -2.28. The van der Waals surface area contributed by atoms with Crippen LogP contribution in [0.5, 0.6) is 0 Å². The first-order valence-corrected chi connectivity index (χ1v) is 8.83. The van der Waals surface area contributed by atoms with Crippen LogP contribution in [-0.2, 0) is 4.79 Å². The quantitative estimate of drug-likeness (QED) is 0.730. The monoisotopic (exact) mass is 351 g/mol. The molecule has 0 radical (unpaired) electrons. The topological polar surface area (TPSA) is 118 Å². The first kappa shape index (κ1) is 16.4. The van der Waals surface area contributed by atoms with Crippen molar-refractivity contribution >= 4 is 40.5 Å². The minimum Gasteiger partial charge on any atom is -0.399 e. The number of rotatable bonds is 3. The van der Waals surface area contributed by atoms with Crippen molar-refractivity contribution in [3.05, 3.63) is 24.5 Å². The number of nitrogen functional groups attached to an aromatic ring is 1. The Hall–Kier alpha value is -3.03. The Morgan fingerprint density at radius 3 is 2.77 bits per heavy atom. The van der Waals surface area contributed by atoms with Crippen LogP contribution < -0.4 is 16.4 Å². The van der Waals surface area contributed by atoms with Gasteiger partial charge >= 0.3 is 0 Å². The molecule has 1 aromatic carbocycles. The molecule has 2 aliphatic rings. The molecule has 8 nitrogen and oxygen atoms in total. The number of hydrogen-bond donors (Lipinski definition) is 3. The van der Waals surface area contributed by atoms with Crippen molar-refractivity contribution in [3.8, 4) is 0 Å². The molecule has 134 valence electrons. The third kappa shape index (κ3) is 3.63. The highest BCUT2D eigenvalue weighted by Gasteiger charge is 2.22. The Balaban J connectivity index is 1.42. The maximum Gasteiger partial charge on any atom is 0.232 e. The van der Waals surface area contributed by atoms with E-state index >= 15 is 0 Å². The number of hydrogen-bond acceptors (Lipinski definition) is 6. The fourth-order valence-corrected chi connectivity index (χ4v) is 3.48. The van der Waals surface area contributed by atoms with Crippen molar-refractivity contribution < 1.29 is 4.79 Å². The van der Waals surface area contributed by atoms with E-state index in [9.17, 15) is 4.79 Å². The number of amides is 1. The molecule has 2 aromatic rings. The van der Waals surface area contributed by atoms with Crippen LogP contribution in [0.4, 0.5) is 11.4 Å². The van der Waals surface area contributed by atoms with Gasteiger partial charge in [0.25, 0.3) is 0 Å². The number of nitrogens with two attached hydrogens (primary N) is 1. The lowest BCUT2D eigenvalue weighted by molar-refractivity contribution is -0.118. The predicted octanol–water partition coefficient (Wildman–Crippen LogP) is 1.88. The molecule has 4 N–H and O–H groups in total. The molecule has 1 aromatic heterocycles. The average molecular weight is 351 g/mol. The summed E-state index contributed by atoms with van der Waals surface area (Å²) in [6, 6.07) is 4.32. The van der Waals surface area contributed by atoms with Crippen LogP contribution in [0.15, 0.2) is 34.5 Å². The van der Waals surface area contributed by atoms with Crippen LogP contribution in [0.25, 0.3) is 11.0 Å². The normalized spacial score (nSPS) is 24.6. The summed E-state index contributed by atoms with van der Waals surface area (Å²) < 4.78 is 0. The molecule has 0 bridgehead atoms. The minimum absolute atomic E-state index is 0.0521. The van der Waals surface area contributed by atoms with Gasteiger partial charge in [-0.15, -0.1) is 0 Å². The molecule has 0 atom stereocenters. The van der Waals surface area contributed by atoms with E-state index in [1.54, 1.807) is 12.4 Å². The summed E-state index contributed by atoms with van der Waals surface area (Å²) in [7, 11) is 0. The molecule has 1 saturated carbocycles. The summed E-state index contributed by atoms with van der Waals surface area (Å²) in [6.45, 7) is 0. The number of aromatic nitrogens is 2. The van der Waals surface area contributed by atoms with Gasteiger partial charge in [-0.05, 0) is 37.8 Å². The third-order valence-corrected chi connectivity index (χ3v) is 4.74. The Morgan fingerprint density at radius 2 is 1.96 bits per heavy atom. The standard InChI is InChI=1S/C18H21N7O/c19-11-7-14-18(21-6-5-20-14)15(8-11)24-12-1-3-13(4-2-12)25-16-9-17(26)23-10-22-16/h5-8,10,12-13,24H,1-4,9,19H2,(H,22,23,25,26). The van der Waals surface area contributed by atoms with Gasteiger partial charge in [0, 0.05) is 24.1 Å². The molecule has 1 aliphatic heterocycles. The van der Waals surface area contributed by atoms with Crippen molar-refractivity contribution in [2.45, 2.75) is 44.2 Å². The molecule has 1 fully saturated rings. The molecule has 0 unspecified atom stereocenters. The molecule has 8 heteroatoms. The van der Waals surface area contributed by atoms with Gasteiger partial charge in [0.1, 0.15) is 11.4 Å². The summed E-state index contributed by atoms with van der Waals surface area (Å²) in [4.78, 5) is 28.9. The van der Waals surface area contributed by atoms with Crippen LogP contribution in [0, 0.1) is 0 Å². The van der Waals surface area contributed by atoms with Crippen LogP contribution >= 0.6 is 0 Å². The molecule has 26 heavy (non-hydrogen) atoms. The number of benzene rings is 1. The number of aliphatic imine (C=N–C) groups is 2. The van der Waals surface area contributed by atoms with Gasteiger partial charge in [-0.2, -0.15) is 0 Å². The number of carbonyl (C=O) groups is 1. The van der Waals surface area contributed by atoms with E-state index in [1.165, 1.54) is 6.34 Å². The second-order valence-electron chi connectivity index (χ2n) is 6.69. The summed E-state index contributed by atoms with van der Waals surface area (Å²) in [6.07, 6.45) is 8.96.